The molecule has 4 heteroatoms. The van der Waals surface area contributed by atoms with Crippen LogP contribution in [-0.2, 0) is 0 Å². The summed E-state index contributed by atoms with van der Waals surface area (Å²) < 4.78 is 12.1. The highest BCUT2D eigenvalue weighted by Crippen LogP contribution is 2.33. The number of para-hydroxylation sites is 2. The molecule has 190 valence electrons. The van der Waals surface area contributed by atoms with E-state index in [9.17, 15) is 0 Å². The van der Waals surface area contributed by atoms with Crippen molar-refractivity contribution >= 4 is 66.6 Å². The minimum Gasteiger partial charge on any atom is -0.456 e. The van der Waals surface area contributed by atoms with Crippen LogP contribution >= 0.6 is 0 Å². The summed E-state index contributed by atoms with van der Waals surface area (Å²) in [6.45, 7) is 0. The zero-order valence-corrected chi connectivity index (χ0v) is 21.5. The molecule has 0 aliphatic carbocycles. The van der Waals surface area contributed by atoms with Crippen LogP contribution in [0.4, 0.5) is 22.7 Å². The summed E-state index contributed by atoms with van der Waals surface area (Å²) in [7, 11) is 0. The van der Waals surface area contributed by atoms with Crippen LogP contribution in [0.15, 0.2) is 142 Å². The van der Waals surface area contributed by atoms with Gasteiger partial charge in [-0.25, -0.2) is 0 Å². The Balaban J connectivity index is 0.978. The van der Waals surface area contributed by atoms with Crippen molar-refractivity contribution < 1.29 is 8.83 Å². The summed E-state index contributed by atoms with van der Waals surface area (Å²) in [6, 6.07) is 45.8. The molecule has 0 amide bonds. The Hall–Kier alpha value is -5.48. The van der Waals surface area contributed by atoms with E-state index in [4.69, 9.17) is 8.83 Å². The summed E-state index contributed by atoms with van der Waals surface area (Å²) >= 11 is 0. The first-order valence-electron chi connectivity index (χ1n) is 13.3. The molecule has 0 bridgehead atoms. The first-order chi connectivity index (χ1) is 19.8. The van der Waals surface area contributed by atoms with Crippen LogP contribution in [0.5, 0.6) is 0 Å². The van der Waals surface area contributed by atoms with Gasteiger partial charge in [-0.2, -0.15) is 0 Å². The first-order valence-corrected chi connectivity index (χ1v) is 13.3. The molecule has 0 fully saturated rings. The van der Waals surface area contributed by atoms with E-state index in [0.29, 0.717) is 0 Å². The van der Waals surface area contributed by atoms with Crippen LogP contribution in [0, 0.1) is 0 Å². The number of nitrogens with one attached hydrogen (secondary N) is 2. The van der Waals surface area contributed by atoms with E-state index in [2.05, 4.69) is 108 Å². The van der Waals surface area contributed by atoms with E-state index in [1.807, 2.05) is 36.4 Å². The third-order valence-corrected chi connectivity index (χ3v) is 7.44. The van der Waals surface area contributed by atoms with Crippen molar-refractivity contribution in [3.05, 3.63) is 133 Å². The number of fused-ring (bicyclic) bond motifs is 6. The van der Waals surface area contributed by atoms with Gasteiger partial charge in [0.2, 0.25) is 0 Å². The van der Waals surface area contributed by atoms with Gasteiger partial charge in [-0.05, 0) is 71.8 Å². The van der Waals surface area contributed by atoms with Gasteiger partial charge in [-0.15, -0.1) is 0 Å². The van der Waals surface area contributed by atoms with Crippen LogP contribution in [0.1, 0.15) is 0 Å². The fourth-order valence-electron chi connectivity index (χ4n) is 5.43. The lowest BCUT2D eigenvalue weighted by atomic mass is 10.0. The van der Waals surface area contributed by atoms with Gasteiger partial charge in [0.15, 0.2) is 0 Å². The SMILES string of the molecule is c1ccc2c(c1)oc1cc(Nc3ccc(-c4ccc(Nc5ccc6c(c5)oc5ccccc56)cc4)cc3)ccc12. The third-order valence-electron chi connectivity index (χ3n) is 7.44. The van der Waals surface area contributed by atoms with Crippen molar-refractivity contribution in [2.45, 2.75) is 0 Å². The summed E-state index contributed by atoms with van der Waals surface area (Å²) in [4.78, 5) is 0. The summed E-state index contributed by atoms with van der Waals surface area (Å²) in [5, 5.41) is 11.5. The van der Waals surface area contributed by atoms with Gasteiger partial charge >= 0.3 is 0 Å². The Bertz CT molecular complexity index is 2000. The molecule has 0 unspecified atom stereocenters. The van der Waals surface area contributed by atoms with Gasteiger partial charge < -0.3 is 19.5 Å². The van der Waals surface area contributed by atoms with E-state index in [0.717, 1.165) is 77.8 Å². The maximum absolute atomic E-state index is 6.04. The van der Waals surface area contributed by atoms with E-state index in [1.54, 1.807) is 0 Å². The average Bonchev–Trinajstić information content (AvgIpc) is 3.55. The molecule has 0 saturated carbocycles. The second-order valence-electron chi connectivity index (χ2n) is 10.0. The summed E-state index contributed by atoms with van der Waals surface area (Å²) in [6.07, 6.45) is 0. The number of hydrogen-bond acceptors (Lipinski definition) is 4. The number of furan rings is 2. The van der Waals surface area contributed by atoms with Crippen molar-refractivity contribution in [3.8, 4) is 11.1 Å². The van der Waals surface area contributed by atoms with Crippen LogP contribution in [0.3, 0.4) is 0 Å². The molecule has 0 atom stereocenters. The van der Waals surface area contributed by atoms with Crippen molar-refractivity contribution in [2.75, 3.05) is 10.6 Å². The Morgan fingerprint density at radius 2 is 0.700 bits per heavy atom. The Morgan fingerprint density at radius 3 is 1.15 bits per heavy atom. The highest BCUT2D eigenvalue weighted by atomic mass is 16.3. The molecule has 8 aromatic rings. The molecular weight excluding hydrogens is 492 g/mol. The molecule has 0 spiro atoms. The fraction of sp³-hybridized carbons (Fsp3) is 0. The van der Waals surface area contributed by atoms with Gasteiger partial charge in [-0.1, -0.05) is 60.7 Å². The minimum atomic E-state index is 0.883. The number of anilines is 4. The first kappa shape index (κ1) is 22.5. The molecule has 0 saturated heterocycles. The molecule has 0 radical (unpaired) electrons. The highest BCUT2D eigenvalue weighted by Gasteiger charge is 2.09. The highest BCUT2D eigenvalue weighted by molar-refractivity contribution is 6.06. The molecule has 2 heterocycles. The number of benzene rings is 6. The molecule has 2 N–H and O–H groups in total. The second-order valence-corrected chi connectivity index (χ2v) is 10.0. The van der Waals surface area contributed by atoms with Gasteiger partial charge in [0, 0.05) is 56.4 Å². The van der Waals surface area contributed by atoms with Crippen LogP contribution in [0.2, 0.25) is 0 Å². The Morgan fingerprint density at radius 1 is 0.325 bits per heavy atom. The van der Waals surface area contributed by atoms with E-state index < -0.39 is 0 Å². The monoisotopic (exact) mass is 516 g/mol. The predicted molar refractivity (Wildman–Crippen MR) is 166 cm³/mol. The summed E-state index contributed by atoms with van der Waals surface area (Å²) in [5.41, 5.74) is 9.95. The van der Waals surface area contributed by atoms with Crippen LogP contribution in [0.25, 0.3) is 55.0 Å². The molecule has 8 rings (SSSR count). The van der Waals surface area contributed by atoms with E-state index in [1.165, 1.54) is 0 Å². The smallest absolute Gasteiger partial charge is 0.137 e. The topological polar surface area (TPSA) is 50.3 Å². The van der Waals surface area contributed by atoms with Crippen molar-refractivity contribution in [1.29, 1.82) is 0 Å². The van der Waals surface area contributed by atoms with Gasteiger partial charge in [0.1, 0.15) is 22.3 Å². The second kappa shape index (κ2) is 9.07. The quantitative estimate of drug-likeness (QED) is 0.239. The van der Waals surface area contributed by atoms with Crippen molar-refractivity contribution in [3.63, 3.8) is 0 Å². The zero-order valence-electron chi connectivity index (χ0n) is 21.5. The third kappa shape index (κ3) is 3.94. The van der Waals surface area contributed by atoms with Crippen molar-refractivity contribution in [2.24, 2.45) is 0 Å². The Kier molecular flexibility index (Phi) is 5.10. The molecule has 0 aliphatic heterocycles. The van der Waals surface area contributed by atoms with Gasteiger partial charge in [0.05, 0.1) is 0 Å². The molecule has 40 heavy (non-hydrogen) atoms. The molecular formula is C36H24N2O2. The lowest BCUT2D eigenvalue weighted by Gasteiger charge is -2.10. The zero-order chi connectivity index (χ0) is 26.5. The fourth-order valence-corrected chi connectivity index (χ4v) is 5.43. The van der Waals surface area contributed by atoms with Gasteiger partial charge in [-0.3, -0.25) is 0 Å². The largest absolute Gasteiger partial charge is 0.456 e. The normalized spacial score (nSPS) is 11.5. The standard InChI is InChI=1S/C36H24N2O2/c1-3-7-33-29(5-1)31-19-17-27(21-35(31)39-33)37-25-13-9-23(10-14-25)24-11-15-26(16-12-24)38-28-18-20-32-30-6-2-4-8-34(30)40-36(32)22-28/h1-22,37-38H. The van der Waals surface area contributed by atoms with E-state index in [-0.39, 0.29) is 0 Å². The molecule has 0 aliphatic rings. The van der Waals surface area contributed by atoms with Crippen LogP contribution in [-0.4, -0.2) is 0 Å². The predicted octanol–water partition coefficient (Wildman–Crippen LogP) is 10.6. The van der Waals surface area contributed by atoms with Crippen LogP contribution < -0.4 is 10.6 Å². The van der Waals surface area contributed by atoms with E-state index >= 15 is 0 Å². The van der Waals surface area contributed by atoms with Crippen molar-refractivity contribution in [1.82, 2.24) is 0 Å². The lowest BCUT2D eigenvalue weighted by molar-refractivity contribution is 0.668. The summed E-state index contributed by atoms with van der Waals surface area (Å²) in [5.74, 6) is 0. The minimum absolute atomic E-state index is 0.883. The number of hydrogen-bond donors (Lipinski definition) is 2. The lowest BCUT2D eigenvalue weighted by Crippen LogP contribution is -1.91. The number of rotatable bonds is 5. The molecule has 4 nitrogen and oxygen atoms in total. The Labute approximate surface area is 230 Å². The molecule has 6 aromatic carbocycles. The molecule has 2 aromatic heterocycles. The maximum Gasteiger partial charge on any atom is 0.137 e. The average molecular weight is 517 g/mol. The van der Waals surface area contributed by atoms with Gasteiger partial charge in [0.25, 0.3) is 0 Å². The maximum atomic E-state index is 6.04.